The van der Waals surface area contributed by atoms with E-state index in [9.17, 15) is 0 Å². The zero-order valence-electron chi connectivity index (χ0n) is 12.7. The molecular formula is C15H32N2. The van der Waals surface area contributed by atoms with E-state index in [0.29, 0.717) is 6.04 Å². The molecule has 1 fully saturated rings. The van der Waals surface area contributed by atoms with E-state index in [-0.39, 0.29) is 0 Å². The van der Waals surface area contributed by atoms with Crippen molar-refractivity contribution < 1.29 is 0 Å². The maximum atomic E-state index is 3.58. The number of nitrogens with zero attached hydrogens (tertiary/aromatic N) is 1. The van der Waals surface area contributed by atoms with E-state index in [1.807, 2.05) is 0 Å². The molecule has 2 nitrogen and oxygen atoms in total. The zero-order valence-corrected chi connectivity index (χ0v) is 12.7. The average molecular weight is 240 g/mol. The van der Waals surface area contributed by atoms with Crippen molar-refractivity contribution in [2.75, 3.05) is 20.1 Å². The van der Waals surface area contributed by atoms with Crippen LogP contribution in [0.25, 0.3) is 0 Å². The van der Waals surface area contributed by atoms with Crippen LogP contribution >= 0.6 is 0 Å². The van der Waals surface area contributed by atoms with Crippen molar-refractivity contribution in [3.8, 4) is 0 Å². The van der Waals surface area contributed by atoms with Gasteiger partial charge in [0, 0.05) is 12.1 Å². The minimum atomic E-state index is 0.672. The second kappa shape index (κ2) is 6.75. The summed E-state index contributed by atoms with van der Waals surface area (Å²) in [5.41, 5.74) is 0. The van der Waals surface area contributed by atoms with Gasteiger partial charge >= 0.3 is 0 Å². The molecule has 3 atom stereocenters. The third-order valence-corrected chi connectivity index (χ3v) is 4.43. The molecule has 1 aliphatic rings. The molecule has 0 aromatic heterocycles. The normalized spacial score (nSPS) is 21.9. The largest absolute Gasteiger partial charge is 0.316 e. The summed E-state index contributed by atoms with van der Waals surface area (Å²) in [6, 6.07) is 1.43. The van der Waals surface area contributed by atoms with Crippen LogP contribution in [0.3, 0.4) is 0 Å². The summed E-state index contributed by atoms with van der Waals surface area (Å²) in [7, 11) is 2.30. The van der Waals surface area contributed by atoms with Crippen molar-refractivity contribution in [2.24, 2.45) is 17.8 Å². The maximum absolute atomic E-state index is 3.58. The lowest BCUT2D eigenvalue weighted by molar-refractivity contribution is 0.136. The van der Waals surface area contributed by atoms with Crippen LogP contribution in [0.5, 0.6) is 0 Å². The van der Waals surface area contributed by atoms with E-state index in [1.165, 1.54) is 12.8 Å². The lowest BCUT2D eigenvalue weighted by atomic mass is 9.99. The minimum absolute atomic E-state index is 0.672. The Morgan fingerprint density at radius 3 is 2.12 bits per heavy atom. The molecule has 0 aromatic rings. The lowest BCUT2D eigenvalue weighted by Gasteiger charge is -2.35. The smallest absolute Gasteiger partial charge is 0.0105 e. The van der Waals surface area contributed by atoms with Gasteiger partial charge in [-0.15, -0.1) is 0 Å². The molecule has 17 heavy (non-hydrogen) atoms. The van der Waals surface area contributed by atoms with Crippen molar-refractivity contribution >= 4 is 0 Å². The minimum Gasteiger partial charge on any atom is -0.316 e. The monoisotopic (exact) mass is 240 g/mol. The molecule has 0 aliphatic heterocycles. The Morgan fingerprint density at radius 2 is 1.65 bits per heavy atom. The van der Waals surface area contributed by atoms with Crippen molar-refractivity contribution in [1.82, 2.24) is 10.2 Å². The van der Waals surface area contributed by atoms with E-state index in [0.717, 1.165) is 36.9 Å². The summed E-state index contributed by atoms with van der Waals surface area (Å²) in [6.07, 6.45) is 2.89. The predicted octanol–water partition coefficient (Wildman–Crippen LogP) is 2.99. The summed E-state index contributed by atoms with van der Waals surface area (Å²) >= 11 is 0. The van der Waals surface area contributed by atoms with Gasteiger partial charge in [0.05, 0.1) is 0 Å². The SMILES string of the molecule is CC(C)CNCC(C)C(C)N(C)C(C)C1CC1. The van der Waals surface area contributed by atoms with E-state index in [4.69, 9.17) is 0 Å². The van der Waals surface area contributed by atoms with Gasteiger partial charge in [0.2, 0.25) is 0 Å². The molecule has 0 aromatic carbocycles. The summed E-state index contributed by atoms with van der Waals surface area (Å²) in [4.78, 5) is 2.58. The van der Waals surface area contributed by atoms with Gasteiger partial charge in [-0.2, -0.15) is 0 Å². The van der Waals surface area contributed by atoms with E-state index in [2.05, 4.69) is 51.9 Å². The van der Waals surface area contributed by atoms with Crippen LogP contribution in [-0.4, -0.2) is 37.1 Å². The third kappa shape index (κ3) is 4.97. The Hall–Kier alpha value is -0.0800. The van der Waals surface area contributed by atoms with Gasteiger partial charge in [0.25, 0.3) is 0 Å². The first-order valence-electron chi connectivity index (χ1n) is 7.36. The number of nitrogens with one attached hydrogen (secondary N) is 1. The first-order chi connectivity index (χ1) is 7.93. The van der Waals surface area contributed by atoms with Gasteiger partial charge in [0.15, 0.2) is 0 Å². The fourth-order valence-electron chi connectivity index (χ4n) is 2.45. The Labute approximate surface area is 108 Å². The first-order valence-corrected chi connectivity index (χ1v) is 7.36. The van der Waals surface area contributed by atoms with Crippen LogP contribution in [0.4, 0.5) is 0 Å². The van der Waals surface area contributed by atoms with Crippen LogP contribution in [0.2, 0.25) is 0 Å². The highest BCUT2D eigenvalue weighted by atomic mass is 15.2. The third-order valence-electron chi connectivity index (χ3n) is 4.43. The van der Waals surface area contributed by atoms with Gasteiger partial charge in [-0.3, -0.25) is 0 Å². The van der Waals surface area contributed by atoms with Gasteiger partial charge in [-0.05, 0) is 64.6 Å². The summed E-state index contributed by atoms with van der Waals surface area (Å²) in [5.74, 6) is 2.44. The molecule has 1 rings (SSSR count). The maximum Gasteiger partial charge on any atom is 0.0105 e. The molecule has 1 saturated carbocycles. The number of hydrogen-bond acceptors (Lipinski definition) is 2. The topological polar surface area (TPSA) is 15.3 Å². The molecular weight excluding hydrogens is 208 g/mol. The molecule has 0 spiro atoms. The van der Waals surface area contributed by atoms with Crippen molar-refractivity contribution in [2.45, 2.75) is 59.5 Å². The van der Waals surface area contributed by atoms with Crippen molar-refractivity contribution in [3.05, 3.63) is 0 Å². The first kappa shape index (κ1) is 15.0. The van der Waals surface area contributed by atoms with Gasteiger partial charge < -0.3 is 10.2 Å². The second-order valence-electron chi connectivity index (χ2n) is 6.51. The van der Waals surface area contributed by atoms with Crippen LogP contribution in [0, 0.1) is 17.8 Å². The van der Waals surface area contributed by atoms with Crippen molar-refractivity contribution in [3.63, 3.8) is 0 Å². The molecule has 3 unspecified atom stereocenters. The van der Waals surface area contributed by atoms with Crippen LogP contribution in [0.1, 0.15) is 47.5 Å². The predicted molar refractivity (Wildman–Crippen MR) is 76.3 cm³/mol. The molecule has 2 heteroatoms. The highest BCUT2D eigenvalue weighted by molar-refractivity contribution is 4.87. The van der Waals surface area contributed by atoms with E-state index < -0.39 is 0 Å². The summed E-state index contributed by atoms with van der Waals surface area (Å²) < 4.78 is 0. The molecule has 102 valence electrons. The lowest BCUT2D eigenvalue weighted by Crippen LogP contribution is -2.44. The summed E-state index contributed by atoms with van der Waals surface area (Å²) in [5, 5.41) is 3.58. The zero-order chi connectivity index (χ0) is 13.0. The average Bonchev–Trinajstić information content (AvgIpc) is 3.09. The van der Waals surface area contributed by atoms with E-state index in [1.54, 1.807) is 0 Å². The molecule has 0 radical (unpaired) electrons. The Kier molecular flexibility index (Phi) is 5.94. The Bertz CT molecular complexity index is 211. The van der Waals surface area contributed by atoms with Crippen LogP contribution in [-0.2, 0) is 0 Å². The number of hydrogen-bond donors (Lipinski definition) is 1. The highest BCUT2D eigenvalue weighted by Gasteiger charge is 2.33. The highest BCUT2D eigenvalue weighted by Crippen LogP contribution is 2.35. The molecule has 0 bridgehead atoms. The quantitative estimate of drug-likeness (QED) is 0.701. The van der Waals surface area contributed by atoms with Gasteiger partial charge in [-0.1, -0.05) is 20.8 Å². The fraction of sp³-hybridized carbons (Fsp3) is 1.00. The molecule has 0 heterocycles. The summed E-state index contributed by atoms with van der Waals surface area (Å²) in [6.45, 7) is 13.9. The van der Waals surface area contributed by atoms with Gasteiger partial charge in [0.1, 0.15) is 0 Å². The van der Waals surface area contributed by atoms with E-state index >= 15 is 0 Å². The Morgan fingerprint density at radius 1 is 1.06 bits per heavy atom. The molecule has 1 N–H and O–H groups in total. The standard InChI is InChI=1S/C15H32N2/c1-11(2)9-16-10-12(3)13(4)17(6)14(5)15-7-8-15/h11-16H,7-10H2,1-6H3. The van der Waals surface area contributed by atoms with Crippen LogP contribution < -0.4 is 5.32 Å². The van der Waals surface area contributed by atoms with Crippen molar-refractivity contribution in [1.29, 1.82) is 0 Å². The number of rotatable bonds is 8. The van der Waals surface area contributed by atoms with Crippen LogP contribution in [0.15, 0.2) is 0 Å². The molecule has 0 amide bonds. The second-order valence-corrected chi connectivity index (χ2v) is 6.51. The fourth-order valence-corrected chi connectivity index (χ4v) is 2.45. The molecule has 0 saturated heterocycles. The Balaban J connectivity index is 2.26. The van der Waals surface area contributed by atoms with Gasteiger partial charge in [-0.25, -0.2) is 0 Å². The molecule has 1 aliphatic carbocycles.